The fourth-order valence-electron chi connectivity index (χ4n) is 2.41. The van der Waals surface area contributed by atoms with E-state index >= 15 is 0 Å². The lowest BCUT2D eigenvalue weighted by molar-refractivity contribution is 0.249. The zero-order valence-electron chi connectivity index (χ0n) is 14.0. The number of anilines is 1. The van der Waals surface area contributed by atoms with E-state index < -0.39 is 0 Å². The van der Waals surface area contributed by atoms with Gasteiger partial charge in [-0.25, -0.2) is 14.5 Å². The quantitative estimate of drug-likeness (QED) is 0.749. The van der Waals surface area contributed by atoms with E-state index in [2.05, 4.69) is 20.7 Å². The molecule has 7 heteroatoms. The van der Waals surface area contributed by atoms with Crippen molar-refractivity contribution < 1.29 is 9.53 Å². The van der Waals surface area contributed by atoms with E-state index in [1.807, 2.05) is 43.3 Å². The number of nitrogens with zero attached hydrogens (tertiary/aromatic N) is 3. The van der Waals surface area contributed by atoms with E-state index in [1.54, 1.807) is 30.3 Å². The predicted molar refractivity (Wildman–Crippen MR) is 94.9 cm³/mol. The van der Waals surface area contributed by atoms with E-state index in [9.17, 15) is 4.79 Å². The van der Waals surface area contributed by atoms with Crippen LogP contribution in [0.25, 0.3) is 5.69 Å². The Balaban J connectivity index is 1.61. The molecule has 1 aromatic heterocycles. The van der Waals surface area contributed by atoms with Crippen LogP contribution in [0.4, 0.5) is 10.5 Å². The number of carbonyl (C=O) groups excluding carboxylic acids is 1. The molecule has 128 valence electrons. The van der Waals surface area contributed by atoms with Gasteiger partial charge in [-0.05, 0) is 36.8 Å². The summed E-state index contributed by atoms with van der Waals surface area (Å²) in [6.45, 7) is 1.93. The summed E-state index contributed by atoms with van der Waals surface area (Å²) >= 11 is 0. The summed E-state index contributed by atoms with van der Waals surface area (Å²) in [7, 11) is 1.59. The number of ether oxygens (including phenoxy) is 1. The molecule has 0 saturated heterocycles. The first-order valence-corrected chi connectivity index (χ1v) is 7.82. The van der Waals surface area contributed by atoms with E-state index in [0.29, 0.717) is 11.4 Å². The van der Waals surface area contributed by atoms with Gasteiger partial charge in [0.25, 0.3) is 0 Å². The second kappa shape index (κ2) is 7.48. The molecule has 3 aromatic rings. The maximum absolute atomic E-state index is 12.2. The van der Waals surface area contributed by atoms with Crippen LogP contribution < -0.4 is 15.4 Å². The number of hydrogen-bond acceptors (Lipinski definition) is 4. The predicted octanol–water partition coefficient (Wildman–Crippen LogP) is 3.16. The Morgan fingerprint density at radius 3 is 2.68 bits per heavy atom. The van der Waals surface area contributed by atoms with Gasteiger partial charge in [-0.15, -0.1) is 0 Å². The number of aromatic nitrogens is 3. The average Bonchev–Trinajstić information content (AvgIpc) is 3.16. The first kappa shape index (κ1) is 16.5. The molecule has 2 aromatic carbocycles. The smallest absolute Gasteiger partial charge is 0.319 e. The largest absolute Gasteiger partial charge is 0.497 e. The zero-order valence-corrected chi connectivity index (χ0v) is 14.0. The van der Waals surface area contributed by atoms with E-state index in [1.165, 1.54) is 6.33 Å². The summed E-state index contributed by atoms with van der Waals surface area (Å²) in [6.07, 6.45) is 3.12. The molecule has 0 fully saturated rings. The average molecular weight is 337 g/mol. The van der Waals surface area contributed by atoms with Gasteiger partial charge in [0, 0.05) is 11.8 Å². The summed E-state index contributed by atoms with van der Waals surface area (Å²) in [6, 6.07) is 14.6. The fourth-order valence-corrected chi connectivity index (χ4v) is 2.41. The van der Waals surface area contributed by atoms with Crippen molar-refractivity contribution in [1.82, 2.24) is 20.1 Å². The molecule has 25 heavy (non-hydrogen) atoms. The minimum atomic E-state index is -0.277. The van der Waals surface area contributed by atoms with Gasteiger partial charge >= 0.3 is 6.03 Å². The van der Waals surface area contributed by atoms with Crippen molar-refractivity contribution >= 4 is 11.7 Å². The molecule has 2 amide bonds. The van der Waals surface area contributed by atoms with Crippen LogP contribution in [-0.4, -0.2) is 27.9 Å². The highest BCUT2D eigenvalue weighted by molar-refractivity contribution is 5.89. The van der Waals surface area contributed by atoms with Gasteiger partial charge in [-0.3, -0.25) is 0 Å². The van der Waals surface area contributed by atoms with Crippen molar-refractivity contribution in [3.05, 3.63) is 66.7 Å². The van der Waals surface area contributed by atoms with E-state index in [-0.39, 0.29) is 12.1 Å². The summed E-state index contributed by atoms with van der Waals surface area (Å²) in [5.41, 5.74) is 2.57. The molecule has 3 rings (SSSR count). The summed E-state index contributed by atoms with van der Waals surface area (Å²) in [4.78, 5) is 16.1. The Labute approximate surface area is 145 Å². The van der Waals surface area contributed by atoms with Crippen molar-refractivity contribution in [2.45, 2.75) is 13.0 Å². The Bertz CT molecular complexity index is 831. The minimum absolute atomic E-state index is 0.143. The first-order chi connectivity index (χ1) is 12.2. The van der Waals surface area contributed by atoms with Gasteiger partial charge in [-0.2, -0.15) is 5.10 Å². The topological polar surface area (TPSA) is 81.1 Å². The molecule has 0 aliphatic rings. The van der Waals surface area contributed by atoms with Crippen molar-refractivity contribution in [3.8, 4) is 11.4 Å². The molecule has 1 atom stereocenters. The number of urea groups is 1. The van der Waals surface area contributed by atoms with Crippen LogP contribution in [0.15, 0.2) is 61.2 Å². The van der Waals surface area contributed by atoms with E-state index in [4.69, 9.17) is 4.74 Å². The maximum Gasteiger partial charge on any atom is 0.319 e. The molecule has 1 heterocycles. The molecule has 1 unspecified atom stereocenters. The third kappa shape index (κ3) is 4.14. The fraction of sp³-hybridized carbons (Fsp3) is 0.167. The standard InChI is InChI=1S/C18H19N5O2/c1-13(14-6-8-16(9-7-14)23-12-19-11-20-23)21-18(24)22-15-4-3-5-17(10-15)25-2/h3-13H,1-2H3,(H2,21,22,24). The highest BCUT2D eigenvalue weighted by atomic mass is 16.5. The van der Waals surface area contributed by atoms with Crippen LogP contribution in [0.3, 0.4) is 0 Å². The highest BCUT2D eigenvalue weighted by Gasteiger charge is 2.10. The molecule has 7 nitrogen and oxygen atoms in total. The normalized spacial score (nSPS) is 11.6. The Morgan fingerprint density at radius 1 is 1.20 bits per heavy atom. The number of amides is 2. The van der Waals surface area contributed by atoms with Crippen LogP contribution >= 0.6 is 0 Å². The van der Waals surface area contributed by atoms with Gasteiger partial charge in [0.05, 0.1) is 18.8 Å². The molecular formula is C18H19N5O2. The number of benzene rings is 2. The third-order valence-corrected chi connectivity index (χ3v) is 3.75. The molecular weight excluding hydrogens is 318 g/mol. The number of rotatable bonds is 5. The summed E-state index contributed by atoms with van der Waals surface area (Å²) in [5.74, 6) is 0.689. The Kier molecular flexibility index (Phi) is 4.94. The highest BCUT2D eigenvalue weighted by Crippen LogP contribution is 2.18. The van der Waals surface area contributed by atoms with Crippen molar-refractivity contribution in [2.75, 3.05) is 12.4 Å². The molecule has 2 N–H and O–H groups in total. The van der Waals surface area contributed by atoms with Crippen molar-refractivity contribution in [3.63, 3.8) is 0 Å². The van der Waals surface area contributed by atoms with Gasteiger partial charge in [0.2, 0.25) is 0 Å². The maximum atomic E-state index is 12.2. The van der Waals surface area contributed by atoms with Crippen LogP contribution in [0.2, 0.25) is 0 Å². The van der Waals surface area contributed by atoms with Crippen LogP contribution in [-0.2, 0) is 0 Å². The number of nitrogens with one attached hydrogen (secondary N) is 2. The monoisotopic (exact) mass is 337 g/mol. The molecule has 0 spiro atoms. The second-order valence-electron chi connectivity index (χ2n) is 5.48. The number of methoxy groups -OCH3 is 1. The lowest BCUT2D eigenvalue weighted by atomic mass is 10.1. The zero-order chi connectivity index (χ0) is 17.6. The Morgan fingerprint density at radius 2 is 2.00 bits per heavy atom. The van der Waals surface area contributed by atoms with Crippen LogP contribution in [0.5, 0.6) is 5.75 Å². The lowest BCUT2D eigenvalue weighted by Gasteiger charge is -2.16. The van der Waals surface area contributed by atoms with Crippen LogP contribution in [0, 0.1) is 0 Å². The third-order valence-electron chi connectivity index (χ3n) is 3.75. The van der Waals surface area contributed by atoms with E-state index in [0.717, 1.165) is 11.3 Å². The molecule has 0 radical (unpaired) electrons. The Hall–Kier alpha value is -3.35. The number of carbonyl (C=O) groups is 1. The van der Waals surface area contributed by atoms with Gasteiger partial charge in [0.15, 0.2) is 0 Å². The SMILES string of the molecule is COc1cccc(NC(=O)NC(C)c2ccc(-n3cncn3)cc2)c1. The van der Waals surface area contributed by atoms with Gasteiger partial charge in [-0.1, -0.05) is 18.2 Å². The second-order valence-corrected chi connectivity index (χ2v) is 5.48. The van der Waals surface area contributed by atoms with Crippen molar-refractivity contribution in [2.24, 2.45) is 0 Å². The van der Waals surface area contributed by atoms with Crippen LogP contribution in [0.1, 0.15) is 18.5 Å². The first-order valence-electron chi connectivity index (χ1n) is 7.82. The molecule has 0 aliphatic heterocycles. The van der Waals surface area contributed by atoms with Gasteiger partial charge < -0.3 is 15.4 Å². The van der Waals surface area contributed by atoms with Crippen molar-refractivity contribution in [1.29, 1.82) is 0 Å². The minimum Gasteiger partial charge on any atom is -0.497 e. The lowest BCUT2D eigenvalue weighted by Crippen LogP contribution is -2.31. The summed E-state index contributed by atoms with van der Waals surface area (Å²) < 4.78 is 6.82. The molecule has 0 bridgehead atoms. The number of hydrogen-bond donors (Lipinski definition) is 2. The summed E-state index contributed by atoms with van der Waals surface area (Å²) in [5, 5.41) is 9.80. The molecule has 0 saturated carbocycles. The van der Waals surface area contributed by atoms with Gasteiger partial charge in [0.1, 0.15) is 18.4 Å². The molecule has 0 aliphatic carbocycles.